The fraction of sp³-hybridized carbons (Fsp3) is 0.550. The minimum Gasteiger partial charge on any atom is -0.305 e. The van der Waals surface area contributed by atoms with Gasteiger partial charge in [-0.25, -0.2) is 4.98 Å². The SMILES string of the molecule is CC(C)(CC(=O)Nc1nc2ccc(C#N)cc2n1C(C)(C)C)C1CC1. The molecule has 1 aliphatic carbocycles. The van der Waals surface area contributed by atoms with Gasteiger partial charge in [-0.15, -0.1) is 0 Å². The Hall–Kier alpha value is -2.35. The molecule has 1 saturated carbocycles. The van der Waals surface area contributed by atoms with Crippen molar-refractivity contribution in [2.45, 2.75) is 59.4 Å². The molecule has 132 valence electrons. The van der Waals surface area contributed by atoms with Gasteiger partial charge in [-0.1, -0.05) is 13.8 Å². The third kappa shape index (κ3) is 3.53. The van der Waals surface area contributed by atoms with Crippen LogP contribution in [0.2, 0.25) is 0 Å². The van der Waals surface area contributed by atoms with E-state index in [0.717, 1.165) is 11.0 Å². The van der Waals surface area contributed by atoms with Crippen LogP contribution in [0.5, 0.6) is 0 Å². The zero-order valence-electron chi connectivity index (χ0n) is 15.7. The summed E-state index contributed by atoms with van der Waals surface area (Å²) in [6, 6.07) is 7.59. The smallest absolute Gasteiger partial charge is 0.227 e. The van der Waals surface area contributed by atoms with Crippen LogP contribution in [0.15, 0.2) is 18.2 Å². The second kappa shape index (κ2) is 5.87. The van der Waals surface area contributed by atoms with Crippen molar-refractivity contribution in [3.8, 4) is 6.07 Å². The van der Waals surface area contributed by atoms with Crippen LogP contribution in [0.4, 0.5) is 5.95 Å². The third-order valence-corrected chi connectivity index (χ3v) is 5.00. The van der Waals surface area contributed by atoms with Gasteiger partial charge < -0.3 is 4.57 Å². The molecular formula is C20H26N4O. The van der Waals surface area contributed by atoms with Gasteiger partial charge in [0.25, 0.3) is 0 Å². The van der Waals surface area contributed by atoms with Gasteiger partial charge in [0.15, 0.2) is 0 Å². The fourth-order valence-corrected chi connectivity index (χ4v) is 3.50. The second-order valence-electron chi connectivity index (χ2n) is 8.74. The number of rotatable bonds is 4. The van der Waals surface area contributed by atoms with Gasteiger partial charge in [-0.3, -0.25) is 10.1 Å². The minimum atomic E-state index is -0.266. The van der Waals surface area contributed by atoms with Crippen molar-refractivity contribution in [3.63, 3.8) is 0 Å². The Balaban J connectivity index is 1.95. The maximum absolute atomic E-state index is 12.6. The lowest BCUT2D eigenvalue weighted by Gasteiger charge is -2.26. The number of imidazole rings is 1. The molecule has 1 N–H and O–H groups in total. The molecule has 3 rings (SSSR count). The van der Waals surface area contributed by atoms with Gasteiger partial charge >= 0.3 is 0 Å². The standard InChI is InChI=1S/C20H26N4O/c1-19(2,3)24-16-10-13(12-21)6-9-15(16)22-18(24)23-17(25)11-20(4,5)14-7-8-14/h6,9-10,14H,7-8,11H2,1-5H3,(H,22,23,25). The molecule has 0 atom stereocenters. The van der Waals surface area contributed by atoms with Crippen LogP contribution >= 0.6 is 0 Å². The molecule has 0 unspecified atom stereocenters. The van der Waals surface area contributed by atoms with Crippen LogP contribution in [0, 0.1) is 22.7 Å². The lowest BCUT2D eigenvalue weighted by Crippen LogP contribution is -2.28. The molecule has 1 fully saturated rings. The number of benzene rings is 1. The molecule has 0 radical (unpaired) electrons. The Kier molecular flexibility index (Phi) is 4.10. The van der Waals surface area contributed by atoms with E-state index < -0.39 is 0 Å². The van der Waals surface area contributed by atoms with E-state index in [1.54, 1.807) is 6.07 Å². The van der Waals surface area contributed by atoms with Gasteiger partial charge in [-0.2, -0.15) is 5.26 Å². The first kappa shape index (κ1) is 17.5. The number of nitrogens with zero attached hydrogens (tertiary/aromatic N) is 3. The summed E-state index contributed by atoms with van der Waals surface area (Å²) in [7, 11) is 0. The number of hydrogen-bond donors (Lipinski definition) is 1. The van der Waals surface area contributed by atoms with E-state index in [0.29, 0.717) is 23.9 Å². The predicted molar refractivity (Wildman–Crippen MR) is 99.2 cm³/mol. The summed E-state index contributed by atoms with van der Waals surface area (Å²) in [5.74, 6) is 1.20. The molecule has 1 amide bonds. The molecule has 5 nitrogen and oxygen atoms in total. The van der Waals surface area contributed by atoms with Crippen molar-refractivity contribution >= 4 is 22.9 Å². The first-order valence-corrected chi connectivity index (χ1v) is 8.85. The summed E-state index contributed by atoms with van der Waals surface area (Å²) in [4.78, 5) is 17.2. The molecule has 0 aliphatic heterocycles. The molecule has 25 heavy (non-hydrogen) atoms. The molecule has 5 heteroatoms. The summed E-state index contributed by atoms with van der Waals surface area (Å²) >= 11 is 0. The maximum Gasteiger partial charge on any atom is 0.227 e. The van der Waals surface area contributed by atoms with E-state index in [9.17, 15) is 10.1 Å². The Morgan fingerprint density at radius 3 is 2.56 bits per heavy atom. The van der Waals surface area contributed by atoms with E-state index in [1.165, 1.54) is 12.8 Å². The first-order chi connectivity index (χ1) is 11.6. The molecule has 2 aromatic rings. The monoisotopic (exact) mass is 338 g/mol. The molecule has 0 bridgehead atoms. The highest BCUT2D eigenvalue weighted by Crippen LogP contribution is 2.47. The van der Waals surface area contributed by atoms with Crippen molar-refractivity contribution in [1.82, 2.24) is 9.55 Å². The summed E-state index contributed by atoms with van der Waals surface area (Å²) in [5, 5.41) is 12.2. The molecule has 0 spiro atoms. The highest BCUT2D eigenvalue weighted by molar-refractivity contribution is 5.92. The third-order valence-electron chi connectivity index (χ3n) is 5.00. The van der Waals surface area contributed by atoms with E-state index >= 15 is 0 Å². The summed E-state index contributed by atoms with van der Waals surface area (Å²) in [6.45, 7) is 10.5. The van der Waals surface area contributed by atoms with Gasteiger partial charge in [0.2, 0.25) is 11.9 Å². The zero-order chi connectivity index (χ0) is 18.4. The lowest BCUT2D eigenvalue weighted by molar-refractivity contribution is -0.118. The second-order valence-corrected chi connectivity index (χ2v) is 8.74. The predicted octanol–water partition coefficient (Wildman–Crippen LogP) is 4.43. The number of carbonyl (C=O) groups is 1. The highest BCUT2D eigenvalue weighted by atomic mass is 16.1. The minimum absolute atomic E-state index is 0.00165. The van der Waals surface area contributed by atoms with Gasteiger partial charge in [-0.05, 0) is 63.1 Å². The molecule has 1 aromatic heterocycles. The topological polar surface area (TPSA) is 70.7 Å². The fourth-order valence-electron chi connectivity index (χ4n) is 3.50. The number of anilines is 1. The molecule has 1 aliphatic rings. The van der Waals surface area contributed by atoms with Crippen molar-refractivity contribution in [2.24, 2.45) is 11.3 Å². The van der Waals surface area contributed by atoms with E-state index in [2.05, 4.69) is 51.0 Å². The van der Waals surface area contributed by atoms with E-state index in [4.69, 9.17) is 0 Å². The molecule has 0 saturated heterocycles. The average Bonchev–Trinajstić information content (AvgIpc) is 3.27. The summed E-state index contributed by atoms with van der Waals surface area (Å²) in [5.41, 5.74) is 1.99. The Labute approximate surface area is 149 Å². The molecule has 1 heterocycles. The van der Waals surface area contributed by atoms with Crippen molar-refractivity contribution in [3.05, 3.63) is 23.8 Å². The van der Waals surface area contributed by atoms with E-state index in [1.807, 2.05) is 16.7 Å². The Morgan fingerprint density at radius 2 is 2.00 bits per heavy atom. The Bertz CT molecular complexity index is 860. The van der Waals surface area contributed by atoms with Gasteiger partial charge in [0.05, 0.1) is 22.7 Å². The zero-order valence-corrected chi connectivity index (χ0v) is 15.7. The van der Waals surface area contributed by atoms with Gasteiger partial charge in [0, 0.05) is 12.0 Å². The first-order valence-electron chi connectivity index (χ1n) is 8.85. The van der Waals surface area contributed by atoms with Crippen molar-refractivity contribution < 1.29 is 4.79 Å². The van der Waals surface area contributed by atoms with Crippen LogP contribution in [-0.2, 0) is 10.3 Å². The highest BCUT2D eigenvalue weighted by Gasteiger charge is 2.39. The number of fused-ring (bicyclic) bond motifs is 1. The van der Waals surface area contributed by atoms with Crippen LogP contribution < -0.4 is 5.32 Å². The largest absolute Gasteiger partial charge is 0.305 e. The van der Waals surface area contributed by atoms with Crippen LogP contribution in [0.3, 0.4) is 0 Å². The molecular weight excluding hydrogens is 312 g/mol. The Morgan fingerprint density at radius 1 is 1.32 bits per heavy atom. The van der Waals surface area contributed by atoms with Crippen LogP contribution in [0.25, 0.3) is 11.0 Å². The van der Waals surface area contributed by atoms with Crippen LogP contribution in [-0.4, -0.2) is 15.5 Å². The summed E-state index contributed by atoms with van der Waals surface area (Å²) in [6.07, 6.45) is 2.93. The summed E-state index contributed by atoms with van der Waals surface area (Å²) < 4.78 is 2.01. The number of nitrogens with one attached hydrogen (secondary N) is 1. The number of hydrogen-bond acceptors (Lipinski definition) is 3. The average molecular weight is 338 g/mol. The number of nitriles is 1. The molecule has 1 aromatic carbocycles. The quantitative estimate of drug-likeness (QED) is 0.896. The number of carbonyl (C=O) groups excluding carboxylic acids is 1. The number of aromatic nitrogens is 2. The maximum atomic E-state index is 12.6. The van der Waals surface area contributed by atoms with Crippen LogP contribution in [0.1, 0.15) is 59.4 Å². The van der Waals surface area contributed by atoms with Gasteiger partial charge in [0.1, 0.15) is 0 Å². The number of amides is 1. The normalized spacial score (nSPS) is 15.2. The van der Waals surface area contributed by atoms with Crippen molar-refractivity contribution in [1.29, 1.82) is 5.26 Å². The lowest BCUT2D eigenvalue weighted by atomic mass is 9.83. The van der Waals surface area contributed by atoms with E-state index in [-0.39, 0.29) is 16.9 Å². The van der Waals surface area contributed by atoms with Crippen molar-refractivity contribution in [2.75, 3.05) is 5.32 Å².